The van der Waals surface area contributed by atoms with Crippen LogP contribution in [-0.4, -0.2) is 47.1 Å². The fraction of sp³-hybridized carbons (Fsp3) is 0.346. The lowest BCUT2D eigenvalue weighted by atomic mass is 10.0. The van der Waals surface area contributed by atoms with Crippen LogP contribution in [0.4, 0.5) is 16.3 Å². The monoisotopic (exact) mass is 429 g/mol. The van der Waals surface area contributed by atoms with Crippen molar-refractivity contribution in [3.63, 3.8) is 0 Å². The van der Waals surface area contributed by atoms with Gasteiger partial charge in [-0.25, -0.2) is 14.8 Å². The number of carbonyl (C=O) groups is 1. The zero-order chi connectivity index (χ0) is 22.7. The van der Waals surface area contributed by atoms with Crippen LogP contribution in [0.15, 0.2) is 48.5 Å². The molecule has 32 heavy (non-hydrogen) atoms. The predicted octanol–water partition coefficient (Wildman–Crippen LogP) is 4.66. The van der Waals surface area contributed by atoms with Gasteiger partial charge in [0.15, 0.2) is 0 Å². The van der Waals surface area contributed by atoms with E-state index in [0.717, 1.165) is 53.7 Å². The zero-order valence-corrected chi connectivity index (χ0v) is 19.4. The van der Waals surface area contributed by atoms with Gasteiger partial charge in [0.1, 0.15) is 11.6 Å². The van der Waals surface area contributed by atoms with Crippen LogP contribution < -0.4 is 10.2 Å². The van der Waals surface area contributed by atoms with E-state index >= 15 is 0 Å². The van der Waals surface area contributed by atoms with E-state index in [1.54, 1.807) is 0 Å². The van der Waals surface area contributed by atoms with Gasteiger partial charge in [0.2, 0.25) is 0 Å². The minimum atomic E-state index is -0.0473. The molecule has 0 saturated carbocycles. The molecule has 2 aromatic carbocycles. The van der Waals surface area contributed by atoms with Crippen LogP contribution in [0, 0.1) is 27.7 Å². The van der Waals surface area contributed by atoms with Crippen LogP contribution in [0.3, 0.4) is 0 Å². The summed E-state index contributed by atoms with van der Waals surface area (Å²) in [6.45, 7) is 10.9. The number of benzene rings is 2. The Morgan fingerprint density at radius 1 is 0.906 bits per heavy atom. The van der Waals surface area contributed by atoms with E-state index in [1.807, 2.05) is 43.0 Å². The SMILES string of the molecule is Cc1ccc(Cc2c(C)nc(C)nc2N2CCN(C(=O)Nc3ccccc3C)CC2)cc1. The molecule has 6 nitrogen and oxygen atoms in total. The second-order valence-corrected chi connectivity index (χ2v) is 8.54. The maximum atomic E-state index is 12.8. The first-order valence-corrected chi connectivity index (χ1v) is 11.2. The largest absolute Gasteiger partial charge is 0.353 e. The van der Waals surface area contributed by atoms with Gasteiger partial charge in [0, 0.05) is 49.5 Å². The summed E-state index contributed by atoms with van der Waals surface area (Å²) in [6, 6.07) is 16.4. The van der Waals surface area contributed by atoms with Crippen molar-refractivity contribution >= 4 is 17.5 Å². The molecule has 166 valence electrons. The molecule has 1 aliphatic rings. The minimum absolute atomic E-state index is 0.0473. The number of urea groups is 1. The van der Waals surface area contributed by atoms with Crippen molar-refractivity contribution in [1.82, 2.24) is 14.9 Å². The number of aromatic nitrogens is 2. The number of piperazine rings is 1. The standard InChI is InChI=1S/C26H31N5O/c1-18-9-11-22(12-10-18)17-23-20(3)27-21(4)28-25(23)30-13-15-31(16-14-30)26(32)29-24-8-6-5-7-19(24)2/h5-12H,13-17H2,1-4H3,(H,29,32). The zero-order valence-electron chi connectivity index (χ0n) is 19.4. The van der Waals surface area contributed by atoms with Gasteiger partial charge in [-0.2, -0.15) is 0 Å². The molecule has 0 radical (unpaired) electrons. The van der Waals surface area contributed by atoms with Gasteiger partial charge in [-0.05, 0) is 44.9 Å². The third kappa shape index (κ3) is 4.90. The first-order chi connectivity index (χ1) is 15.4. The number of aryl methyl sites for hydroxylation is 4. The Balaban J connectivity index is 1.47. The smallest absolute Gasteiger partial charge is 0.321 e. The number of amides is 2. The van der Waals surface area contributed by atoms with E-state index in [9.17, 15) is 4.79 Å². The highest BCUT2D eigenvalue weighted by Gasteiger charge is 2.25. The second kappa shape index (κ2) is 9.39. The molecule has 0 atom stereocenters. The molecule has 0 spiro atoms. The van der Waals surface area contributed by atoms with Crippen LogP contribution >= 0.6 is 0 Å². The van der Waals surface area contributed by atoms with Crippen molar-refractivity contribution in [3.05, 3.63) is 82.3 Å². The number of nitrogens with zero attached hydrogens (tertiary/aromatic N) is 4. The molecule has 4 rings (SSSR count). The minimum Gasteiger partial charge on any atom is -0.353 e. The maximum absolute atomic E-state index is 12.8. The molecule has 0 bridgehead atoms. The van der Waals surface area contributed by atoms with Crippen LogP contribution in [-0.2, 0) is 6.42 Å². The van der Waals surface area contributed by atoms with E-state index < -0.39 is 0 Å². The molecule has 0 aliphatic carbocycles. The van der Waals surface area contributed by atoms with Crippen molar-refractivity contribution in [2.45, 2.75) is 34.1 Å². The Bertz CT molecular complexity index is 1100. The van der Waals surface area contributed by atoms with Crippen LogP contribution in [0.1, 0.15) is 33.8 Å². The van der Waals surface area contributed by atoms with Crippen molar-refractivity contribution in [2.24, 2.45) is 0 Å². The fourth-order valence-corrected chi connectivity index (χ4v) is 4.13. The van der Waals surface area contributed by atoms with Gasteiger partial charge in [-0.3, -0.25) is 0 Å². The lowest BCUT2D eigenvalue weighted by Crippen LogP contribution is -2.50. The summed E-state index contributed by atoms with van der Waals surface area (Å²) in [7, 11) is 0. The average molecular weight is 430 g/mol. The third-order valence-electron chi connectivity index (χ3n) is 6.06. The molecule has 1 aromatic heterocycles. The van der Waals surface area contributed by atoms with Crippen molar-refractivity contribution in [1.29, 1.82) is 0 Å². The summed E-state index contributed by atoms with van der Waals surface area (Å²) in [5.74, 6) is 1.78. The number of rotatable bonds is 4. The molecule has 2 heterocycles. The average Bonchev–Trinajstić information content (AvgIpc) is 2.78. The highest BCUT2D eigenvalue weighted by atomic mass is 16.2. The van der Waals surface area contributed by atoms with E-state index in [0.29, 0.717) is 13.1 Å². The van der Waals surface area contributed by atoms with Gasteiger partial charge in [0.05, 0.1) is 0 Å². The first-order valence-electron chi connectivity index (χ1n) is 11.2. The second-order valence-electron chi connectivity index (χ2n) is 8.54. The van der Waals surface area contributed by atoms with E-state index in [4.69, 9.17) is 4.98 Å². The van der Waals surface area contributed by atoms with Gasteiger partial charge >= 0.3 is 6.03 Å². The van der Waals surface area contributed by atoms with Crippen LogP contribution in [0.25, 0.3) is 0 Å². The van der Waals surface area contributed by atoms with Crippen LogP contribution in [0.2, 0.25) is 0 Å². The number of para-hydroxylation sites is 1. The number of nitrogens with one attached hydrogen (secondary N) is 1. The number of anilines is 2. The van der Waals surface area contributed by atoms with E-state index in [1.165, 1.54) is 11.1 Å². The molecular weight excluding hydrogens is 398 g/mol. The molecular formula is C26H31N5O. The lowest BCUT2D eigenvalue weighted by molar-refractivity contribution is 0.208. The number of carbonyl (C=O) groups excluding carboxylic acids is 1. The Kier molecular flexibility index (Phi) is 6.40. The van der Waals surface area contributed by atoms with E-state index in [-0.39, 0.29) is 6.03 Å². The summed E-state index contributed by atoms with van der Waals surface area (Å²) < 4.78 is 0. The Morgan fingerprint density at radius 2 is 1.59 bits per heavy atom. The summed E-state index contributed by atoms with van der Waals surface area (Å²) in [4.78, 5) is 26.4. The molecule has 6 heteroatoms. The van der Waals surface area contributed by atoms with E-state index in [2.05, 4.69) is 53.3 Å². The molecule has 1 aliphatic heterocycles. The number of hydrogen-bond donors (Lipinski definition) is 1. The van der Waals surface area contributed by atoms with Crippen molar-refractivity contribution in [3.8, 4) is 0 Å². The molecule has 1 saturated heterocycles. The normalized spacial score (nSPS) is 13.9. The van der Waals surface area contributed by atoms with Gasteiger partial charge < -0.3 is 15.1 Å². The molecule has 1 fully saturated rings. The third-order valence-corrected chi connectivity index (χ3v) is 6.06. The van der Waals surface area contributed by atoms with Gasteiger partial charge in [-0.15, -0.1) is 0 Å². The summed E-state index contributed by atoms with van der Waals surface area (Å²) in [6.07, 6.45) is 0.801. The van der Waals surface area contributed by atoms with Gasteiger partial charge in [0.25, 0.3) is 0 Å². The maximum Gasteiger partial charge on any atom is 0.321 e. The van der Waals surface area contributed by atoms with Crippen molar-refractivity contribution in [2.75, 3.05) is 36.4 Å². The topological polar surface area (TPSA) is 61.4 Å². The molecule has 1 N–H and O–H groups in total. The predicted molar refractivity (Wildman–Crippen MR) is 129 cm³/mol. The Morgan fingerprint density at radius 3 is 2.28 bits per heavy atom. The molecule has 2 amide bonds. The summed E-state index contributed by atoms with van der Waals surface area (Å²) >= 11 is 0. The van der Waals surface area contributed by atoms with Crippen molar-refractivity contribution < 1.29 is 4.79 Å². The summed E-state index contributed by atoms with van der Waals surface area (Å²) in [5.41, 5.74) is 6.62. The number of hydrogen-bond acceptors (Lipinski definition) is 4. The lowest BCUT2D eigenvalue weighted by Gasteiger charge is -2.36. The molecule has 0 unspecified atom stereocenters. The summed E-state index contributed by atoms with van der Waals surface area (Å²) in [5, 5.41) is 3.04. The quantitative estimate of drug-likeness (QED) is 0.656. The molecule has 3 aromatic rings. The van der Waals surface area contributed by atoms with Crippen LogP contribution in [0.5, 0.6) is 0 Å². The van der Waals surface area contributed by atoms with Gasteiger partial charge in [-0.1, -0.05) is 48.0 Å². The first kappa shape index (κ1) is 21.8. The highest BCUT2D eigenvalue weighted by molar-refractivity contribution is 5.90. The Hall–Kier alpha value is -3.41. The fourth-order valence-electron chi connectivity index (χ4n) is 4.13. The Labute approximate surface area is 190 Å². The highest BCUT2D eigenvalue weighted by Crippen LogP contribution is 2.25.